The maximum atomic E-state index is 13.8. The number of hydrogen-bond donors (Lipinski definition) is 1. The number of thiophene rings is 1. The molecule has 0 bridgehead atoms. The first-order valence-corrected chi connectivity index (χ1v) is 11.3. The summed E-state index contributed by atoms with van der Waals surface area (Å²) in [4.78, 5) is 29.0. The molecule has 1 aliphatic rings. The van der Waals surface area contributed by atoms with Crippen molar-refractivity contribution in [2.24, 2.45) is 5.92 Å². The van der Waals surface area contributed by atoms with E-state index in [0.29, 0.717) is 12.1 Å². The molecule has 1 aromatic heterocycles. The quantitative estimate of drug-likeness (QED) is 0.609. The largest absolute Gasteiger partial charge is 0.352 e. The molecule has 2 aromatic carbocycles. The second-order valence-electron chi connectivity index (χ2n) is 7.86. The fourth-order valence-electron chi connectivity index (χ4n) is 4.05. The summed E-state index contributed by atoms with van der Waals surface area (Å²) in [6, 6.07) is 18.3. The summed E-state index contributed by atoms with van der Waals surface area (Å²) >= 11 is 1.73. The minimum absolute atomic E-state index is 0.0424. The SMILES string of the molecule is CC(CC(=O)N1CCc2sccc2C1c1ccccc1)C(=O)NCc1ccccc1F. The highest BCUT2D eigenvalue weighted by atomic mass is 32.1. The van der Waals surface area contributed by atoms with Crippen LogP contribution in [0.3, 0.4) is 0 Å². The number of benzene rings is 2. The lowest BCUT2D eigenvalue weighted by Crippen LogP contribution is -2.42. The fourth-order valence-corrected chi connectivity index (χ4v) is 4.95. The maximum absolute atomic E-state index is 13.8. The summed E-state index contributed by atoms with van der Waals surface area (Å²) in [5, 5.41) is 4.83. The van der Waals surface area contributed by atoms with Crippen molar-refractivity contribution in [3.05, 3.63) is 93.4 Å². The van der Waals surface area contributed by atoms with Crippen LogP contribution in [-0.4, -0.2) is 23.3 Å². The minimum atomic E-state index is -0.500. The molecule has 0 fully saturated rings. The van der Waals surface area contributed by atoms with E-state index in [4.69, 9.17) is 0 Å². The Morgan fingerprint density at radius 2 is 1.87 bits per heavy atom. The third-order valence-electron chi connectivity index (χ3n) is 5.74. The van der Waals surface area contributed by atoms with Crippen LogP contribution in [0.1, 0.15) is 41.0 Å². The molecule has 31 heavy (non-hydrogen) atoms. The van der Waals surface area contributed by atoms with E-state index in [2.05, 4.69) is 16.8 Å². The topological polar surface area (TPSA) is 49.4 Å². The molecule has 1 aliphatic heterocycles. The van der Waals surface area contributed by atoms with E-state index in [1.807, 2.05) is 35.2 Å². The molecule has 1 N–H and O–H groups in total. The summed E-state index contributed by atoms with van der Waals surface area (Å²) < 4.78 is 13.8. The van der Waals surface area contributed by atoms with Gasteiger partial charge in [-0.15, -0.1) is 11.3 Å². The van der Waals surface area contributed by atoms with Crippen LogP contribution in [-0.2, 0) is 22.6 Å². The highest BCUT2D eigenvalue weighted by Gasteiger charge is 2.33. The van der Waals surface area contributed by atoms with E-state index >= 15 is 0 Å². The number of fused-ring (bicyclic) bond motifs is 1. The molecule has 0 saturated carbocycles. The number of nitrogens with one attached hydrogen (secondary N) is 1. The van der Waals surface area contributed by atoms with Gasteiger partial charge in [0.25, 0.3) is 0 Å². The average Bonchev–Trinajstić information content (AvgIpc) is 3.27. The number of halogens is 1. The summed E-state index contributed by atoms with van der Waals surface area (Å²) in [5.74, 6) is -1.14. The second-order valence-corrected chi connectivity index (χ2v) is 8.86. The van der Waals surface area contributed by atoms with Gasteiger partial charge >= 0.3 is 0 Å². The van der Waals surface area contributed by atoms with Gasteiger partial charge in [0, 0.05) is 35.9 Å². The summed E-state index contributed by atoms with van der Waals surface area (Å²) in [7, 11) is 0. The van der Waals surface area contributed by atoms with Gasteiger partial charge in [0.05, 0.1) is 6.04 Å². The Bertz CT molecular complexity index is 1070. The van der Waals surface area contributed by atoms with Crippen molar-refractivity contribution >= 4 is 23.2 Å². The summed E-state index contributed by atoms with van der Waals surface area (Å²) in [6.45, 7) is 2.49. The van der Waals surface area contributed by atoms with E-state index in [1.54, 1.807) is 36.5 Å². The van der Waals surface area contributed by atoms with E-state index in [0.717, 1.165) is 12.0 Å². The van der Waals surface area contributed by atoms with Crippen LogP contribution in [0.4, 0.5) is 4.39 Å². The number of rotatable bonds is 6. The summed E-state index contributed by atoms with van der Waals surface area (Å²) in [6.07, 6.45) is 0.946. The number of nitrogens with zero attached hydrogens (tertiary/aromatic N) is 1. The lowest BCUT2D eigenvalue weighted by molar-refractivity contribution is -0.137. The van der Waals surface area contributed by atoms with E-state index < -0.39 is 5.92 Å². The standard InChI is InChI=1S/C25H25FN2O2S/c1-17(25(30)27-16-19-9-5-6-10-21(19)26)15-23(29)28-13-11-22-20(12-14-31-22)24(28)18-7-3-2-4-8-18/h2-10,12,14,17,24H,11,13,15-16H2,1H3,(H,27,30). The Balaban J connectivity index is 1.44. The van der Waals surface area contributed by atoms with Gasteiger partial charge < -0.3 is 10.2 Å². The van der Waals surface area contributed by atoms with Gasteiger partial charge in [-0.25, -0.2) is 4.39 Å². The van der Waals surface area contributed by atoms with E-state index in [-0.39, 0.29) is 36.6 Å². The van der Waals surface area contributed by atoms with Crippen molar-refractivity contribution in [3.8, 4) is 0 Å². The van der Waals surface area contributed by atoms with Crippen molar-refractivity contribution in [2.45, 2.75) is 32.4 Å². The highest BCUT2D eigenvalue weighted by Crippen LogP contribution is 2.38. The van der Waals surface area contributed by atoms with E-state index in [1.165, 1.54) is 16.5 Å². The zero-order valence-electron chi connectivity index (χ0n) is 17.4. The zero-order valence-corrected chi connectivity index (χ0v) is 18.2. The van der Waals surface area contributed by atoms with Crippen LogP contribution in [0.2, 0.25) is 0 Å². The van der Waals surface area contributed by atoms with Crippen molar-refractivity contribution < 1.29 is 14.0 Å². The third kappa shape index (κ3) is 4.69. The number of carbonyl (C=O) groups excluding carboxylic acids is 2. The van der Waals surface area contributed by atoms with Gasteiger partial charge in [0.1, 0.15) is 5.82 Å². The third-order valence-corrected chi connectivity index (χ3v) is 6.74. The molecule has 0 spiro atoms. The molecule has 160 valence electrons. The Morgan fingerprint density at radius 3 is 2.65 bits per heavy atom. The lowest BCUT2D eigenvalue weighted by atomic mass is 9.92. The molecule has 3 aromatic rings. The molecule has 0 radical (unpaired) electrons. The molecule has 4 rings (SSSR count). The monoisotopic (exact) mass is 436 g/mol. The molecule has 0 aliphatic carbocycles. The molecule has 0 saturated heterocycles. The van der Waals surface area contributed by atoms with Gasteiger partial charge in [-0.05, 0) is 35.1 Å². The summed E-state index contributed by atoms with van der Waals surface area (Å²) in [5.41, 5.74) is 2.68. The Morgan fingerprint density at radius 1 is 1.13 bits per heavy atom. The molecule has 2 unspecified atom stereocenters. The Labute approximate surface area is 185 Å². The number of carbonyl (C=O) groups is 2. The highest BCUT2D eigenvalue weighted by molar-refractivity contribution is 7.10. The smallest absolute Gasteiger partial charge is 0.224 e. The predicted molar refractivity (Wildman–Crippen MR) is 120 cm³/mol. The van der Waals surface area contributed by atoms with Gasteiger partial charge in [-0.1, -0.05) is 55.5 Å². The number of amides is 2. The van der Waals surface area contributed by atoms with Crippen LogP contribution in [0.25, 0.3) is 0 Å². The van der Waals surface area contributed by atoms with Gasteiger partial charge in [-0.3, -0.25) is 9.59 Å². The molecule has 6 heteroatoms. The van der Waals surface area contributed by atoms with Crippen LogP contribution in [0.15, 0.2) is 66.0 Å². The first-order valence-electron chi connectivity index (χ1n) is 10.5. The van der Waals surface area contributed by atoms with Gasteiger partial charge in [-0.2, -0.15) is 0 Å². The molecular weight excluding hydrogens is 411 g/mol. The maximum Gasteiger partial charge on any atom is 0.224 e. The van der Waals surface area contributed by atoms with Crippen LogP contribution >= 0.6 is 11.3 Å². The molecule has 2 heterocycles. The van der Waals surface area contributed by atoms with Crippen LogP contribution in [0.5, 0.6) is 0 Å². The Hall–Kier alpha value is -2.99. The second kappa shape index (κ2) is 9.43. The van der Waals surface area contributed by atoms with Gasteiger partial charge in [0.2, 0.25) is 11.8 Å². The number of hydrogen-bond acceptors (Lipinski definition) is 3. The van der Waals surface area contributed by atoms with Crippen molar-refractivity contribution in [2.75, 3.05) is 6.54 Å². The van der Waals surface area contributed by atoms with Crippen molar-refractivity contribution in [3.63, 3.8) is 0 Å². The Kier molecular flexibility index (Phi) is 6.47. The first-order chi connectivity index (χ1) is 15.0. The lowest BCUT2D eigenvalue weighted by Gasteiger charge is -2.37. The predicted octanol–water partition coefficient (Wildman–Crippen LogP) is 4.70. The molecule has 2 amide bonds. The average molecular weight is 437 g/mol. The van der Waals surface area contributed by atoms with Crippen molar-refractivity contribution in [1.82, 2.24) is 10.2 Å². The molecule has 2 atom stereocenters. The molecular formula is C25H25FN2O2S. The van der Waals surface area contributed by atoms with Crippen molar-refractivity contribution in [1.29, 1.82) is 0 Å². The molecule has 4 nitrogen and oxygen atoms in total. The normalized spacial score (nSPS) is 16.5. The fraction of sp³-hybridized carbons (Fsp3) is 0.280. The zero-order chi connectivity index (χ0) is 21.8. The first kappa shape index (κ1) is 21.2. The van der Waals surface area contributed by atoms with Gasteiger partial charge in [0.15, 0.2) is 0 Å². The van der Waals surface area contributed by atoms with E-state index in [9.17, 15) is 14.0 Å². The minimum Gasteiger partial charge on any atom is -0.352 e. The van der Waals surface area contributed by atoms with Crippen LogP contribution in [0, 0.1) is 11.7 Å². The van der Waals surface area contributed by atoms with Crippen LogP contribution < -0.4 is 5.32 Å².